The minimum atomic E-state index is -4.71. The fourth-order valence-corrected chi connectivity index (χ4v) is 6.90. The molecule has 192 valence electrons. The van der Waals surface area contributed by atoms with Crippen LogP contribution in [-0.4, -0.2) is 66.9 Å². The molecule has 4 atom stereocenters. The van der Waals surface area contributed by atoms with E-state index in [-0.39, 0.29) is 18.1 Å². The van der Waals surface area contributed by atoms with Crippen molar-refractivity contribution >= 4 is 5.91 Å². The van der Waals surface area contributed by atoms with E-state index in [1.807, 2.05) is 0 Å². The van der Waals surface area contributed by atoms with Crippen molar-refractivity contribution in [3.8, 4) is 5.75 Å². The van der Waals surface area contributed by atoms with Gasteiger partial charge >= 0.3 is 6.36 Å². The van der Waals surface area contributed by atoms with Crippen LogP contribution in [0.15, 0.2) is 35.9 Å². The summed E-state index contributed by atoms with van der Waals surface area (Å²) in [5.74, 6) is 1.08. The first-order valence-corrected chi connectivity index (χ1v) is 13.2. The standard InChI is InChI=1S/C27H36F3N3O2/c28-27(29,30)35-23-9-7-19(8-10-23)15-25(34)31-11-4-14-32-13-3-5-20-16-21-17-22(26(20)32)18-33-12-2-1-6-24(21)33/h7-10,16,21-22,24,26H,1-6,11-15,17-18H2,(H,31,34)/t21-,22+,24+,26+/m0/s1. The number of halogens is 3. The van der Waals surface area contributed by atoms with Crippen LogP contribution in [0.4, 0.5) is 13.2 Å². The summed E-state index contributed by atoms with van der Waals surface area (Å²) in [5, 5.41) is 2.98. The number of hydrogen-bond donors (Lipinski definition) is 1. The van der Waals surface area contributed by atoms with E-state index in [1.54, 1.807) is 5.57 Å². The van der Waals surface area contributed by atoms with Gasteiger partial charge in [0.1, 0.15) is 5.75 Å². The van der Waals surface area contributed by atoms with Gasteiger partial charge in [-0.05, 0) is 81.1 Å². The molecule has 5 rings (SSSR count). The second kappa shape index (κ2) is 10.5. The number of ether oxygens (including phenoxy) is 1. The Kier molecular flexibility index (Phi) is 7.39. The molecule has 8 heteroatoms. The van der Waals surface area contributed by atoms with Gasteiger partial charge in [0.15, 0.2) is 0 Å². The number of piperidine rings is 3. The van der Waals surface area contributed by atoms with E-state index in [0.717, 1.165) is 37.4 Å². The second-order valence-electron chi connectivity index (χ2n) is 10.6. The lowest BCUT2D eigenvalue weighted by atomic mass is 9.68. The van der Waals surface area contributed by atoms with Gasteiger partial charge in [0, 0.05) is 31.7 Å². The zero-order chi connectivity index (χ0) is 24.4. The fraction of sp³-hybridized carbons (Fsp3) is 0.667. The topological polar surface area (TPSA) is 44.8 Å². The van der Waals surface area contributed by atoms with Crippen molar-refractivity contribution in [2.24, 2.45) is 11.8 Å². The van der Waals surface area contributed by atoms with Gasteiger partial charge in [-0.2, -0.15) is 0 Å². The van der Waals surface area contributed by atoms with E-state index in [2.05, 4.69) is 25.9 Å². The van der Waals surface area contributed by atoms with E-state index in [1.165, 1.54) is 75.9 Å². The third-order valence-corrected chi connectivity index (χ3v) is 8.23. The quantitative estimate of drug-likeness (QED) is 0.450. The van der Waals surface area contributed by atoms with Crippen LogP contribution >= 0.6 is 0 Å². The number of rotatable bonds is 7. The van der Waals surface area contributed by atoms with Crippen molar-refractivity contribution in [1.82, 2.24) is 15.1 Å². The molecule has 0 unspecified atom stereocenters. The van der Waals surface area contributed by atoms with Crippen LogP contribution in [0.3, 0.4) is 0 Å². The molecule has 1 aliphatic carbocycles. The number of likely N-dealkylation sites (tertiary alicyclic amines) is 1. The lowest BCUT2D eigenvalue weighted by molar-refractivity contribution is -0.274. The van der Waals surface area contributed by atoms with E-state index >= 15 is 0 Å². The summed E-state index contributed by atoms with van der Waals surface area (Å²) in [6.45, 7) is 5.22. The van der Waals surface area contributed by atoms with Gasteiger partial charge in [-0.25, -0.2) is 0 Å². The monoisotopic (exact) mass is 491 g/mol. The molecule has 3 fully saturated rings. The highest BCUT2D eigenvalue weighted by Crippen LogP contribution is 2.44. The predicted molar refractivity (Wildman–Crippen MR) is 128 cm³/mol. The molecular weight excluding hydrogens is 455 g/mol. The van der Waals surface area contributed by atoms with Crippen molar-refractivity contribution in [3.63, 3.8) is 0 Å². The molecule has 1 N–H and O–H groups in total. The number of carbonyl (C=O) groups is 1. The number of amides is 1. The first-order valence-electron chi connectivity index (χ1n) is 13.2. The molecule has 1 aromatic rings. The molecule has 4 aliphatic rings. The van der Waals surface area contributed by atoms with E-state index < -0.39 is 6.36 Å². The van der Waals surface area contributed by atoms with Crippen LogP contribution in [0.1, 0.15) is 50.5 Å². The van der Waals surface area contributed by atoms with Crippen LogP contribution in [0.5, 0.6) is 5.75 Å². The summed E-state index contributed by atoms with van der Waals surface area (Å²) in [6.07, 6.45) is 6.84. The largest absolute Gasteiger partial charge is 0.573 e. The molecule has 5 nitrogen and oxygen atoms in total. The van der Waals surface area contributed by atoms with Crippen LogP contribution in [0.25, 0.3) is 0 Å². The molecular formula is C27H36F3N3O2. The predicted octanol–water partition coefficient (Wildman–Crippen LogP) is 4.53. The highest BCUT2D eigenvalue weighted by Gasteiger charge is 2.45. The van der Waals surface area contributed by atoms with Crippen LogP contribution in [-0.2, 0) is 11.2 Å². The first-order chi connectivity index (χ1) is 16.9. The minimum absolute atomic E-state index is 0.113. The molecule has 0 radical (unpaired) electrons. The Morgan fingerprint density at radius 1 is 1.11 bits per heavy atom. The summed E-state index contributed by atoms with van der Waals surface area (Å²) >= 11 is 0. The molecule has 1 aromatic carbocycles. The van der Waals surface area contributed by atoms with Gasteiger partial charge in [0.2, 0.25) is 5.91 Å². The number of fused-ring (bicyclic) bond motifs is 6. The Bertz CT molecular complexity index is 917. The Labute approximate surface area is 205 Å². The molecule has 3 saturated heterocycles. The molecule has 0 aromatic heterocycles. The van der Waals surface area contributed by atoms with E-state index in [9.17, 15) is 18.0 Å². The second-order valence-corrected chi connectivity index (χ2v) is 10.6. The number of hydrogen-bond acceptors (Lipinski definition) is 4. The maximum absolute atomic E-state index is 12.3. The molecule has 0 saturated carbocycles. The van der Waals surface area contributed by atoms with E-state index in [0.29, 0.717) is 18.2 Å². The first kappa shape index (κ1) is 24.6. The zero-order valence-corrected chi connectivity index (χ0v) is 20.2. The van der Waals surface area contributed by atoms with Crippen molar-refractivity contribution in [1.29, 1.82) is 0 Å². The van der Waals surface area contributed by atoms with Crippen molar-refractivity contribution in [2.45, 2.75) is 69.8 Å². The van der Waals surface area contributed by atoms with Crippen LogP contribution < -0.4 is 10.1 Å². The molecule has 3 heterocycles. The highest BCUT2D eigenvalue weighted by atomic mass is 19.4. The van der Waals surface area contributed by atoms with Gasteiger partial charge < -0.3 is 10.1 Å². The summed E-state index contributed by atoms with van der Waals surface area (Å²) in [7, 11) is 0. The Morgan fingerprint density at radius 3 is 2.74 bits per heavy atom. The Hall–Kier alpha value is -2.06. The average molecular weight is 492 g/mol. The SMILES string of the molecule is O=C(Cc1ccc(OC(F)(F)F)cc1)NCCCN1CCCC2=C[C@H]3C[C@H](CN4CCCC[C@H]34)[C@@H]21. The van der Waals surface area contributed by atoms with Crippen molar-refractivity contribution in [2.75, 3.05) is 32.7 Å². The molecule has 3 aliphatic heterocycles. The number of carbonyl (C=O) groups excluding carboxylic acids is 1. The smallest absolute Gasteiger partial charge is 0.406 e. The maximum Gasteiger partial charge on any atom is 0.573 e. The maximum atomic E-state index is 12.3. The van der Waals surface area contributed by atoms with E-state index in [4.69, 9.17) is 0 Å². The summed E-state index contributed by atoms with van der Waals surface area (Å²) in [6, 6.07) is 6.81. The van der Waals surface area contributed by atoms with Crippen molar-refractivity contribution < 1.29 is 22.7 Å². The van der Waals surface area contributed by atoms with Gasteiger partial charge in [0.05, 0.1) is 6.42 Å². The highest BCUT2D eigenvalue weighted by molar-refractivity contribution is 5.78. The fourth-order valence-electron chi connectivity index (χ4n) is 6.90. The number of nitrogens with zero attached hydrogens (tertiary/aromatic N) is 2. The Balaban J connectivity index is 1.08. The lowest BCUT2D eigenvalue weighted by Gasteiger charge is -2.54. The molecule has 2 bridgehead atoms. The molecule has 35 heavy (non-hydrogen) atoms. The average Bonchev–Trinajstić information content (AvgIpc) is 2.82. The van der Waals surface area contributed by atoms with Gasteiger partial charge in [-0.1, -0.05) is 30.2 Å². The van der Waals surface area contributed by atoms with Gasteiger partial charge in [-0.15, -0.1) is 13.2 Å². The van der Waals surface area contributed by atoms with Gasteiger partial charge in [-0.3, -0.25) is 14.6 Å². The lowest BCUT2D eigenvalue weighted by Crippen LogP contribution is -2.59. The molecule has 1 amide bonds. The normalized spacial score (nSPS) is 29.1. The number of nitrogens with one attached hydrogen (secondary N) is 1. The van der Waals surface area contributed by atoms with Crippen LogP contribution in [0, 0.1) is 11.8 Å². The van der Waals surface area contributed by atoms with Crippen LogP contribution in [0.2, 0.25) is 0 Å². The number of benzene rings is 1. The zero-order valence-electron chi connectivity index (χ0n) is 20.2. The summed E-state index contributed by atoms with van der Waals surface area (Å²) in [4.78, 5) is 17.8. The van der Waals surface area contributed by atoms with Gasteiger partial charge in [0.25, 0.3) is 0 Å². The third kappa shape index (κ3) is 6.02. The number of alkyl halides is 3. The molecule has 0 spiro atoms. The Morgan fingerprint density at radius 2 is 1.94 bits per heavy atom. The minimum Gasteiger partial charge on any atom is -0.406 e. The summed E-state index contributed by atoms with van der Waals surface area (Å²) < 4.78 is 40.7. The van der Waals surface area contributed by atoms with Crippen molar-refractivity contribution in [3.05, 3.63) is 41.5 Å². The summed E-state index contributed by atoms with van der Waals surface area (Å²) in [5.41, 5.74) is 2.33. The third-order valence-electron chi connectivity index (χ3n) is 8.23.